The first-order chi connectivity index (χ1) is 15.8. The molecule has 1 unspecified atom stereocenters. The second-order valence-corrected chi connectivity index (χ2v) is 11.1. The Bertz CT molecular complexity index is 1340. The molecule has 33 heavy (non-hydrogen) atoms. The minimum Gasteiger partial charge on any atom is -0.273 e. The van der Waals surface area contributed by atoms with E-state index in [2.05, 4.69) is 17.3 Å². The molecular formula is C25H22Cl2N2O3S. The van der Waals surface area contributed by atoms with E-state index in [1.807, 2.05) is 18.2 Å². The lowest BCUT2D eigenvalue weighted by molar-refractivity contribution is 0.0887. The standard InChI is InChI=1S/C25H22Cl2N2O3S/c1-17(33(31,32)22-13-11-21(27)12-14-22)15-24(30)29-16-23(18-5-3-2-4-6-18)25(28-29)19-7-9-20(26)10-8-19/h3,5-14,16-17H,2,4,15H2,1H3. The number of allylic oxidation sites excluding steroid dienone is 4. The number of carbonyl (C=O) groups is 1. The van der Waals surface area contributed by atoms with Crippen LogP contribution < -0.4 is 0 Å². The van der Waals surface area contributed by atoms with Crippen LogP contribution in [-0.4, -0.2) is 29.4 Å². The highest BCUT2D eigenvalue weighted by Crippen LogP contribution is 2.32. The zero-order chi connectivity index (χ0) is 23.6. The zero-order valence-electron chi connectivity index (χ0n) is 17.9. The molecule has 0 radical (unpaired) electrons. The summed E-state index contributed by atoms with van der Waals surface area (Å²) in [5, 5.41) is 4.67. The molecule has 1 atom stereocenters. The minimum atomic E-state index is -3.70. The second kappa shape index (κ2) is 9.67. The highest BCUT2D eigenvalue weighted by Gasteiger charge is 2.27. The third-order valence-electron chi connectivity index (χ3n) is 5.53. The SMILES string of the molecule is CC(CC(=O)n1cc(C2=CCCC=C2)c(-c2ccc(Cl)cc2)n1)S(=O)(=O)c1ccc(Cl)cc1. The molecule has 1 aliphatic rings. The van der Waals surface area contributed by atoms with Crippen LogP contribution in [0, 0.1) is 0 Å². The van der Waals surface area contributed by atoms with E-state index in [4.69, 9.17) is 23.2 Å². The van der Waals surface area contributed by atoms with Crippen molar-refractivity contribution in [1.82, 2.24) is 9.78 Å². The van der Waals surface area contributed by atoms with Gasteiger partial charge in [-0.25, -0.2) is 13.1 Å². The van der Waals surface area contributed by atoms with Gasteiger partial charge in [-0.2, -0.15) is 5.10 Å². The molecule has 1 aliphatic carbocycles. The van der Waals surface area contributed by atoms with Crippen molar-refractivity contribution in [3.8, 4) is 11.3 Å². The van der Waals surface area contributed by atoms with Gasteiger partial charge in [0.1, 0.15) is 5.69 Å². The topological polar surface area (TPSA) is 69.0 Å². The summed E-state index contributed by atoms with van der Waals surface area (Å²) in [6, 6.07) is 13.2. The molecule has 0 saturated heterocycles. The molecular weight excluding hydrogens is 479 g/mol. The minimum absolute atomic E-state index is 0.132. The number of halogens is 2. The van der Waals surface area contributed by atoms with E-state index in [-0.39, 0.29) is 11.3 Å². The third-order valence-corrected chi connectivity index (χ3v) is 8.19. The Morgan fingerprint density at radius 2 is 1.67 bits per heavy atom. The van der Waals surface area contributed by atoms with Crippen molar-refractivity contribution in [3.05, 3.63) is 88.6 Å². The molecule has 3 aromatic rings. The quantitative estimate of drug-likeness (QED) is 0.388. The Balaban J connectivity index is 1.65. The molecule has 0 aliphatic heterocycles. The van der Waals surface area contributed by atoms with Gasteiger partial charge in [0.25, 0.3) is 0 Å². The van der Waals surface area contributed by atoms with E-state index in [1.165, 1.54) is 35.9 Å². The Hall–Kier alpha value is -2.67. The lowest BCUT2D eigenvalue weighted by Gasteiger charge is -2.12. The normalized spacial score (nSPS) is 14.7. The van der Waals surface area contributed by atoms with Crippen LogP contribution in [0.15, 0.2) is 77.9 Å². The molecule has 5 nitrogen and oxygen atoms in total. The summed E-state index contributed by atoms with van der Waals surface area (Å²) in [4.78, 5) is 13.2. The number of nitrogens with zero attached hydrogens (tertiary/aromatic N) is 2. The number of carbonyl (C=O) groups excluding carboxylic acids is 1. The van der Waals surface area contributed by atoms with E-state index >= 15 is 0 Å². The molecule has 2 aromatic carbocycles. The highest BCUT2D eigenvalue weighted by atomic mass is 35.5. The zero-order valence-corrected chi connectivity index (χ0v) is 20.2. The van der Waals surface area contributed by atoms with Crippen LogP contribution in [0.5, 0.6) is 0 Å². The van der Waals surface area contributed by atoms with Crippen molar-refractivity contribution in [2.24, 2.45) is 0 Å². The first-order valence-electron chi connectivity index (χ1n) is 10.5. The second-order valence-electron chi connectivity index (χ2n) is 7.89. The summed E-state index contributed by atoms with van der Waals surface area (Å²) in [6.45, 7) is 1.53. The molecule has 4 rings (SSSR count). The van der Waals surface area contributed by atoms with E-state index < -0.39 is 21.0 Å². The molecule has 0 amide bonds. The van der Waals surface area contributed by atoms with Crippen LogP contribution >= 0.6 is 23.2 Å². The monoisotopic (exact) mass is 500 g/mol. The summed E-state index contributed by atoms with van der Waals surface area (Å²) in [5.41, 5.74) is 3.26. The predicted molar refractivity (Wildman–Crippen MR) is 132 cm³/mol. The molecule has 170 valence electrons. The van der Waals surface area contributed by atoms with Gasteiger partial charge in [0.15, 0.2) is 9.84 Å². The summed E-state index contributed by atoms with van der Waals surface area (Å²) in [5.74, 6) is -0.401. The average Bonchev–Trinajstić information content (AvgIpc) is 3.26. The summed E-state index contributed by atoms with van der Waals surface area (Å²) in [6.07, 6.45) is 9.55. The Kier molecular flexibility index (Phi) is 6.88. The van der Waals surface area contributed by atoms with Crippen LogP contribution in [-0.2, 0) is 9.84 Å². The van der Waals surface area contributed by atoms with Crippen molar-refractivity contribution in [3.63, 3.8) is 0 Å². The van der Waals surface area contributed by atoms with Crippen LogP contribution in [0.4, 0.5) is 0 Å². The molecule has 8 heteroatoms. The van der Waals surface area contributed by atoms with Gasteiger partial charge in [0.05, 0.1) is 10.1 Å². The van der Waals surface area contributed by atoms with E-state index in [1.54, 1.807) is 18.3 Å². The van der Waals surface area contributed by atoms with Crippen molar-refractivity contribution in [1.29, 1.82) is 0 Å². The van der Waals surface area contributed by atoms with Crippen LogP contribution in [0.3, 0.4) is 0 Å². The van der Waals surface area contributed by atoms with E-state index in [9.17, 15) is 13.2 Å². The van der Waals surface area contributed by atoms with Gasteiger partial charge < -0.3 is 0 Å². The summed E-state index contributed by atoms with van der Waals surface area (Å²) < 4.78 is 27.1. The van der Waals surface area contributed by atoms with E-state index in [0.29, 0.717) is 15.7 Å². The van der Waals surface area contributed by atoms with Crippen LogP contribution in [0.2, 0.25) is 10.0 Å². The maximum Gasteiger partial charge on any atom is 0.248 e. The number of aromatic nitrogens is 2. The van der Waals surface area contributed by atoms with Gasteiger partial charge in [-0.15, -0.1) is 0 Å². The predicted octanol–water partition coefficient (Wildman–Crippen LogP) is 6.48. The smallest absolute Gasteiger partial charge is 0.248 e. The largest absolute Gasteiger partial charge is 0.273 e. The maximum absolute atomic E-state index is 13.1. The maximum atomic E-state index is 13.1. The number of sulfone groups is 1. The molecule has 0 N–H and O–H groups in total. The summed E-state index contributed by atoms with van der Waals surface area (Å²) in [7, 11) is -3.70. The molecule has 0 saturated carbocycles. The van der Waals surface area contributed by atoms with Crippen molar-refractivity contribution in [2.75, 3.05) is 0 Å². The lowest BCUT2D eigenvalue weighted by Crippen LogP contribution is -2.24. The van der Waals surface area contributed by atoms with Gasteiger partial charge in [0, 0.05) is 33.8 Å². The fourth-order valence-corrected chi connectivity index (χ4v) is 5.25. The Morgan fingerprint density at radius 3 is 2.27 bits per heavy atom. The third kappa shape index (κ3) is 5.13. The number of benzene rings is 2. The molecule has 1 heterocycles. The molecule has 0 bridgehead atoms. The summed E-state index contributed by atoms with van der Waals surface area (Å²) >= 11 is 11.9. The van der Waals surface area contributed by atoms with Crippen molar-refractivity contribution in [2.45, 2.75) is 36.3 Å². The molecule has 0 spiro atoms. The van der Waals surface area contributed by atoms with Gasteiger partial charge in [0.2, 0.25) is 5.91 Å². The molecule has 1 aromatic heterocycles. The van der Waals surface area contributed by atoms with Crippen molar-refractivity contribution < 1.29 is 13.2 Å². The average molecular weight is 501 g/mol. The fraction of sp³-hybridized carbons (Fsp3) is 0.200. The van der Waals surface area contributed by atoms with Gasteiger partial charge in [-0.3, -0.25) is 4.79 Å². The van der Waals surface area contributed by atoms with Crippen molar-refractivity contribution >= 4 is 44.5 Å². The fourth-order valence-electron chi connectivity index (χ4n) is 3.65. The number of hydrogen-bond acceptors (Lipinski definition) is 4. The van der Waals surface area contributed by atoms with Crippen LogP contribution in [0.25, 0.3) is 16.8 Å². The van der Waals surface area contributed by atoms with Gasteiger partial charge >= 0.3 is 0 Å². The number of rotatable bonds is 6. The highest BCUT2D eigenvalue weighted by molar-refractivity contribution is 7.92. The number of hydrogen-bond donors (Lipinski definition) is 0. The Labute approximate surface area is 203 Å². The van der Waals surface area contributed by atoms with Gasteiger partial charge in [-0.05, 0) is 61.7 Å². The first-order valence-corrected chi connectivity index (χ1v) is 12.8. The van der Waals surface area contributed by atoms with Gasteiger partial charge in [-0.1, -0.05) is 53.6 Å². The Morgan fingerprint density at radius 1 is 1.03 bits per heavy atom. The lowest BCUT2D eigenvalue weighted by atomic mass is 9.97. The first kappa shape index (κ1) is 23.5. The van der Waals surface area contributed by atoms with Crippen LogP contribution in [0.1, 0.15) is 36.5 Å². The van der Waals surface area contributed by atoms with E-state index in [0.717, 1.165) is 29.5 Å². The molecule has 0 fully saturated rings.